The first-order valence-electron chi connectivity index (χ1n) is 7.15. The maximum Gasteiger partial charge on any atom is 0.203 e. The van der Waals surface area contributed by atoms with E-state index in [1.807, 2.05) is 19.1 Å². The van der Waals surface area contributed by atoms with E-state index in [1.54, 1.807) is 21.3 Å². The Kier molecular flexibility index (Phi) is 6.78. The number of hydrogen-bond acceptors (Lipinski definition) is 5. The van der Waals surface area contributed by atoms with Gasteiger partial charge in [0.05, 0.1) is 21.3 Å². The number of hydrogen-bond donors (Lipinski definition) is 2. The molecule has 0 fully saturated rings. The van der Waals surface area contributed by atoms with Gasteiger partial charge in [0.15, 0.2) is 11.5 Å². The highest BCUT2D eigenvalue weighted by molar-refractivity contribution is 5.54. The highest BCUT2D eigenvalue weighted by Gasteiger charge is 2.19. The predicted molar refractivity (Wildman–Crippen MR) is 83.4 cm³/mol. The van der Waals surface area contributed by atoms with Crippen molar-refractivity contribution in [2.75, 3.05) is 27.9 Å². The van der Waals surface area contributed by atoms with Gasteiger partial charge in [-0.3, -0.25) is 0 Å². The van der Waals surface area contributed by atoms with Crippen molar-refractivity contribution in [3.63, 3.8) is 0 Å². The molecule has 5 nitrogen and oxygen atoms in total. The summed E-state index contributed by atoms with van der Waals surface area (Å²) in [6.07, 6.45) is 0. The molecule has 0 radical (unpaired) electrons. The molecule has 0 aliphatic carbocycles. The highest BCUT2D eigenvalue weighted by Crippen LogP contribution is 2.39. The van der Waals surface area contributed by atoms with Crippen molar-refractivity contribution in [2.45, 2.75) is 32.9 Å². The van der Waals surface area contributed by atoms with E-state index < -0.39 is 0 Å². The van der Waals surface area contributed by atoms with Crippen LogP contribution in [0.25, 0.3) is 0 Å². The fourth-order valence-electron chi connectivity index (χ4n) is 2.16. The van der Waals surface area contributed by atoms with Crippen LogP contribution in [0.15, 0.2) is 12.1 Å². The molecule has 3 unspecified atom stereocenters. The molecule has 0 spiro atoms. The van der Waals surface area contributed by atoms with Crippen LogP contribution in [-0.2, 0) is 0 Å². The Labute approximate surface area is 127 Å². The summed E-state index contributed by atoms with van der Waals surface area (Å²) < 4.78 is 16.1. The minimum atomic E-state index is 0.0997. The van der Waals surface area contributed by atoms with Gasteiger partial charge in [0.25, 0.3) is 0 Å². The van der Waals surface area contributed by atoms with E-state index in [2.05, 4.69) is 19.2 Å². The molecule has 21 heavy (non-hydrogen) atoms. The van der Waals surface area contributed by atoms with Gasteiger partial charge in [-0.15, -0.1) is 0 Å². The zero-order valence-electron chi connectivity index (χ0n) is 13.8. The van der Waals surface area contributed by atoms with Crippen molar-refractivity contribution in [3.05, 3.63) is 17.7 Å². The molecule has 0 aliphatic heterocycles. The first-order valence-corrected chi connectivity index (χ1v) is 7.15. The molecule has 1 aromatic carbocycles. The maximum atomic E-state index is 9.22. The number of ether oxygens (including phenoxy) is 3. The summed E-state index contributed by atoms with van der Waals surface area (Å²) in [5.41, 5.74) is 1.04. The van der Waals surface area contributed by atoms with Crippen LogP contribution in [-0.4, -0.2) is 39.1 Å². The average Bonchev–Trinajstić information content (AvgIpc) is 2.51. The second kappa shape index (κ2) is 8.10. The van der Waals surface area contributed by atoms with Crippen molar-refractivity contribution in [1.82, 2.24) is 5.32 Å². The van der Waals surface area contributed by atoms with Crippen molar-refractivity contribution < 1.29 is 19.3 Å². The average molecular weight is 297 g/mol. The van der Waals surface area contributed by atoms with Crippen molar-refractivity contribution in [3.8, 4) is 17.2 Å². The molecule has 120 valence electrons. The number of aliphatic hydroxyl groups is 1. The Bertz CT molecular complexity index is 425. The summed E-state index contributed by atoms with van der Waals surface area (Å²) in [5, 5.41) is 12.7. The van der Waals surface area contributed by atoms with Crippen molar-refractivity contribution in [2.24, 2.45) is 5.92 Å². The van der Waals surface area contributed by atoms with Gasteiger partial charge < -0.3 is 24.6 Å². The van der Waals surface area contributed by atoms with Crippen LogP contribution >= 0.6 is 0 Å². The summed E-state index contributed by atoms with van der Waals surface area (Å²) in [6, 6.07) is 4.18. The molecule has 1 aromatic rings. The van der Waals surface area contributed by atoms with Crippen LogP contribution in [0.2, 0.25) is 0 Å². The fourth-order valence-corrected chi connectivity index (χ4v) is 2.16. The second-order valence-corrected chi connectivity index (χ2v) is 5.30. The standard InChI is InChI=1S/C16H27NO4/c1-10(9-18)11(2)17-12(3)13-7-14(19-4)16(21-6)15(8-13)20-5/h7-8,10-12,17-18H,9H2,1-6H3. The van der Waals surface area contributed by atoms with E-state index in [-0.39, 0.29) is 24.6 Å². The molecule has 0 heterocycles. The number of aliphatic hydroxyl groups excluding tert-OH is 1. The quantitative estimate of drug-likeness (QED) is 0.771. The zero-order chi connectivity index (χ0) is 16.0. The summed E-state index contributed by atoms with van der Waals surface area (Å²) >= 11 is 0. The van der Waals surface area contributed by atoms with E-state index in [4.69, 9.17) is 14.2 Å². The Balaban J connectivity index is 3.01. The topological polar surface area (TPSA) is 60.0 Å². The molecule has 0 aromatic heterocycles. The molecule has 5 heteroatoms. The number of benzene rings is 1. The van der Waals surface area contributed by atoms with Crippen LogP contribution in [0.1, 0.15) is 32.4 Å². The SMILES string of the molecule is COc1cc(C(C)NC(C)C(C)CO)cc(OC)c1OC. The molecular weight excluding hydrogens is 270 g/mol. The molecule has 0 saturated heterocycles. The summed E-state index contributed by atoms with van der Waals surface area (Å²) in [7, 11) is 4.80. The van der Waals surface area contributed by atoms with Gasteiger partial charge in [-0.25, -0.2) is 0 Å². The fraction of sp³-hybridized carbons (Fsp3) is 0.625. The molecule has 0 bridgehead atoms. The largest absolute Gasteiger partial charge is 0.493 e. The zero-order valence-corrected chi connectivity index (χ0v) is 13.8. The second-order valence-electron chi connectivity index (χ2n) is 5.30. The molecule has 0 saturated carbocycles. The molecular formula is C16H27NO4. The van der Waals surface area contributed by atoms with E-state index in [1.165, 1.54) is 0 Å². The van der Waals surface area contributed by atoms with Crippen LogP contribution < -0.4 is 19.5 Å². The first kappa shape index (κ1) is 17.6. The number of methoxy groups -OCH3 is 3. The van der Waals surface area contributed by atoms with Gasteiger partial charge in [0.2, 0.25) is 5.75 Å². The number of rotatable bonds is 8. The highest BCUT2D eigenvalue weighted by atomic mass is 16.5. The monoisotopic (exact) mass is 297 g/mol. The molecule has 0 aliphatic rings. The third-order valence-electron chi connectivity index (χ3n) is 3.84. The van der Waals surface area contributed by atoms with Gasteiger partial charge in [-0.1, -0.05) is 6.92 Å². The minimum Gasteiger partial charge on any atom is -0.493 e. The smallest absolute Gasteiger partial charge is 0.203 e. The Morgan fingerprint density at radius 1 is 1.00 bits per heavy atom. The number of nitrogens with one attached hydrogen (secondary N) is 1. The van der Waals surface area contributed by atoms with Crippen molar-refractivity contribution in [1.29, 1.82) is 0 Å². The molecule has 3 atom stereocenters. The molecule has 2 N–H and O–H groups in total. The third kappa shape index (κ3) is 4.25. The first-order chi connectivity index (χ1) is 9.98. The Hall–Kier alpha value is -1.46. The lowest BCUT2D eigenvalue weighted by atomic mass is 10.0. The van der Waals surface area contributed by atoms with E-state index in [9.17, 15) is 5.11 Å². The normalized spacial score (nSPS) is 15.2. The predicted octanol–water partition coefficient (Wildman–Crippen LogP) is 2.38. The molecule has 1 rings (SSSR count). The van der Waals surface area contributed by atoms with Crippen LogP contribution in [0, 0.1) is 5.92 Å². The lowest BCUT2D eigenvalue weighted by Crippen LogP contribution is -2.35. The summed E-state index contributed by atoms with van der Waals surface area (Å²) in [4.78, 5) is 0. The summed E-state index contributed by atoms with van der Waals surface area (Å²) in [5.74, 6) is 2.06. The van der Waals surface area contributed by atoms with Gasteiger partial charge in [-0.2, -0.15) is 0 Å². The lowest BCUT2D eigenvalue weighted by molar-refractivity contribution is 0.202. The van der Waals surface area contributed by atoms with E-state index in [0.29, 0.717) is 17.2 Å². The van der Waals surface area contributed by atoms with Gasteiger partial charge in [-0.05, 0) is 37.5 Å². The molecule has 0 amide bonds. The van der Waals surface area contributed by atoms with E-state index in [0.717, 1.165) is 5.56 Å². The maximum absolute atomic E-state index is 9.22. The summed E-state index contributed by atoms with van der Waals surface area (Å²) in [6.45, 7) is 6.31. The Morgan fingerprint density at radius 2 is 1.52 bits per heavy atom. The minimum absolute atomic E-state index is 0.0997. The Morgan fingerprint density at radius 3 is 1.90 bits per heavy atom. The van der Waals surface area contributed by atoms with Gasteiger partial charge in [0, 0.05) is 18.7 Å². The van der Waals surface area contributed by atoms with Crippen LogP contribution in [0.5, 0.6) is 17.2 Å². The van der Waals surface area contributed by atoms with Crippen LogP contribution in [0.4, 0.5) is 0 Å². The van der Waals surface area contributed by atoms with Gasteiger partial charge >= 0.3 is 0 Å². The van der Waals surface area contributed by atoms with Gasteiger partial charge in [0.1, 0.15) is 0 Å². The lowest BCUT2D eigenvalue weighted by Gasteiger charge is -2.25. The third-order valence-corrected chi connectivity index (χ3v) is 3.84. The van der Waals surface area contributed by atoms with Crippen molar-refractivity contribution >= 4 is 0 Å². The van der Waals surface area contributed by atoms with Crippen LogP contribution in [0.3, 0.4) is 0 Å². The van der Waals surface area contributed by atoms with E-state index >= 15 is 0 Å².